The highest BCUT2D eigenvalue weighted by molar-refractivity contribution is 5.95. The highest BCUT2D eigenvalue weighted by Crippen LogP contribution is 2.21. The fourth-order valence-corrected chi connectivity index (χ4v) is 2.83. The second-order valence-electron chi connectivity index (χ2n) is 6.43. The Kier molecular flexibility index (Phi) is 6.06. The molecule has 0 radical (unpaired) electrons. The molecule has 0 fully saturated rings. The third-order valence-electron chi connectivity index (χ3n) is 4.12. The second kappa shape index (κ2) is 8.85. The molecule has 0 aliphatic carbocycles. The lowest BCUT2D eigenvalue weighted by molar-refractivity contribution is -0.115. The third kappa shape index (κ3) is 4.97. The minimum atomic E-state index is -0.397. The molecule has 1 aromatic heterocycles. The average Bonchev–Trinajstić information content (AvgIpc) is 3.04. The largest absolute Gasteiger partial charge is 0.334 e. The second-order valence-corrected chi connectivity index (χ2v) is 6.43. The molecule has 0 saturated heterocycles. The topological polar surface area (TPSA) is 88.0 Å². The van der Waals surface area contributed by atoms with Gasteiger partial charge in [-0.2, -0.15) is 5.10 Å². The van der Waals surface area contributed by atoms with Crippen molar-refractivity contribution in [3.8, 4) is 5.69 Å². The summed E-state index contributed by atoms with van der Waals surface area (Å²) in [4.78, 5) is 24.2. The molecule has 0 atom stereocenters. The number of benzene rings is 2. The number of aryl methyl sites for hydroxylation is 2. The molecular formula is C21H23N5O2. The summed E-state index contributed by atoms with van der Waals surface area (Å²) in [6.45, 7) is 4.14. The van der Waals surface area contributed by atoms with E-state index in [9.17, 15) is 9.59 Å². The van der Waals surface area contributed by atoms with E-state index in [0.717, 1.165) is 22.6 Å². The van der Waals surface area contributed by atoms with Crippen LogP contribution in [0, 0.1) is 13.8 Å². The van der Waals surface area contributed by atoms with Crippen LogP contribution in [0.3, 0.4) is 0 Å². The van der Waals surface area contributed by atoms with Gasteiger partial charge in [-0.1, -0.05) is 42.5 Å². The summed E-state index contributed by atoms with van der Waals surface area (Å²) in [7, 11) is 0. The lowest BCUT2D eigenvalue weighted by Crippen LogP contribution is -2.39. The molecule has 3 amide bonds. The Morgan fingerprint density at radius 2 is 1.68 bits per heavy atom. The molecule has 7 nitrogen and oxygen atoms in total. The number of para-hydroxylation sites is 2. The average molecular weight is 377 g/mol. The molecule has 0 unspecified atom stereocenters. The maximum atomic E-state index is 12.3. The number of aromatic nitrogens is 2. The molecule has 28 heavy (non-hydrogen) atoms. The van der Waals surface area contributed by atoms with E-state index < -0.39 is 6.03 Å². The number of amides is 3. The number of nitrogens with one attached hydrogen (secondary N) is 3. The minimum absolute atomic E-state index is 0.133. The number of rotatable bonds is 6. The number of carbonyl (C=O) groups is 2. The molecule has 3 rings (SSSR count). The molecule has 0 bridgehead atoms. The van der Waals surface area contributed by atoms with Crippen molar-refractivity contribution in [2.45, 2.75) is 20.4 Å². The molecular weight excluding hydrogens is 354 g/mol. The first-order valence-corrected chi connectivity index (χ1v) is 9.01. The van der Waals surface area contributed by atoms with Crippen molar-refractivity contribution in [2.75, 3.05) is 11.9 Å². The summed E-state index contributed by atoms with van der Waals surface area (Å²) in [5, 5.41) is 12.6. The fraction of sp³-hybridized carbons (Fsp3) is 0.190. The van der Waals surface area contributed by atoms with Gasteiger partial charge in [0.1, 0.15) is 0 Å². The van der Waals surface area contributed by atoms with Crippen LogP contribution in [-0.4, -0.2) is 28.3 Å². The summed E-state index contributed by atoms with van der Waals surface area (Å²) in [6, 6.07) is 18.5. The Bertz CT molecular complexity index is 966. The Hall–Kier alpha value is -3.61. The lowest BCUT2D eigenvalue weighted by Gasteiger charge is -2.13. The first kappa shape index (κ1) is 19.2. The van der Waals surface area contributed by atoms with E-state index in [0.29, 0.717) is 12.2 Å². The van der Waals surface area contributed by atoms with Gasteiger partial charge in [0.25, 0.3) is 0 Å². The van der Waals surface area contributed by atoms with E-state index in [2.05, 4.69) is 21.0 Å². The predicted molar refractivity (Wildman–Crippen MR) is 108 cm³/mol. The van der Waals surface area contributed by atoms with Crippen LogP contribution in [-0.2, 0) is 11.3 Å². The van der Waals surface area contributed by atoms with Crippen molar-refractivity contribution in [3.05, 3.63) is 77.6 Å². The summed E-state index contributed by atoms with van der Waals surface area (Å²) < 4.78 is 1.78. The normalized spacial score (nSPS) is 10.4. The highest BCUT2D eigenvalue weighted by atomic mass is 16.2. The number of urea groups is 1. The lowest BCUT2D eigenvalue weighted by atomic mass is 10.2. The van der Waals surface area contributed by atoms with Gasteiger partial charge >= 0.3 is 6.03 Å². The van der Waals surface area contributed by atoms with Gasteiger partial charge in [-0.3, -0.25) is 4.79 Å². The molecule has 0 aliphatic heterocycles. The van der Waals surface area contributed by atoms with E-state index in [-0.39, 0.29) is 12.5 Å². The van der Waals surface area contributed by atoms with Crippen molar-refractivity contribution in [2.24, 2.45) is 0 Å². The predicted octanol–water partition coefficient (Wildman–Crippen LogP) is 2.93. The number of nitrogens with zero attached hydrogens (tertiary/aromatic N) is 2. The molecule has 0 saturated carbocycles. The van der Waals surface area contributed by atoms with Gasteiger partial charge in [0.05, 0.1) is 23.6 Å². The van der Waals surface area contributed by atoms with Crippen LogP contribution in [0.2, 0.25) is 0 Å². The molecule has 2 aromatic carbocycles. The Morgan fingerprint density at radius 3 is 2.39 bits per heavy atom. The number of hydrogen-bond donors (Lipinski definition) is 3. The van der Waals surface area contributed by atoms with Crippen molar-refractivity contribution in [1.29, 1.82) is 0 Å². The highest BCUT2D eigenvalue weighted by Gasteiger charge is 2.12. The van der Waals surface area contributed by atoms with Crippen LogP contribution in [0.5, 0.6) is 0 Å². The van der Waals surface area contributed by atoms with Crippen LogP contribution in [0.4, 0.5) is 10.5 Å². The van der Waals surface area contributed by atoms with Gasteiger partial charge in [-0.15, -0.1) is 0 Å². The number of anilines is 1. The minimum Gasteiger partial charge on any atom is -0.334 e. The third-order valence-corrected chi connectivity index (χ3v) is 4.12. The quantitative estimate of drug-likeness (QED) is 0.617. The van der Waals surface area contributed by atoms with Crippen LogP contribution < -0.4 is 16.0 Å². The Labute approximate surface area is 163 Å². The van der Waals surface area contributed by atoms with Gasteiger partial charge in [0, 0.05) is 12.2 Å². The van der Waals surface area contributed by atoms with Crippen molar-refractivity contribution in [3.63, 3.8) is 0 Å². The Morgan fingerprint density at radius 1 is 0.964 bits per heavy atom. The van der Waals surface area contributed by atoms with Crippen LogP contribution >= 0.6 is 0 Å². The van der Waals surface area contributed by atoms with Gasteiger partial charge in [-0.05, 0) is 37.6 Å². The first-order valence-electron chi connectivity index (χ1n) is 9.01. The molecule has 3 N–H and O–H groups in total. The van der Waals surface area contributed by atoms with E-state index in [4.69, 9.17) is 0 Å². The number of carbonyl (C=O) groups excluding carboxylic acids is 2. The van der Waals surface area contributed by atoms with Gasteiger partial charge < -0.3 is 16.0 Å². The van der Waals surface area contributed by atoms with Crippen molar-refractivity contribution >= 4 is 17.6 Å². The molecule has 0 spiro atoms. The zero-order valence-corrected chi connectivity index (χ0v) is 15.9. The van der Waals surface area contributed by atoms with Gasteiger partial charge in [0.15, 0.2) is 0 Å². The summed E-state index contributed by atoms with van der Waals surface area (Å²) >= 11 is 0. The zero-order valence-electron chi connectivity index (χ0n) is 15.9. The van der Waals surface area contributed by atoms with Crippen LogP contribution in [0.25, 0.3) is 5.69 Å². The summed E-state index contributed by atoms with van der Waals surface area (Å²) in [5.74, 6) is -0.316. The molecule has 0 aliphatic rings. The van der Waals surface area contributed by atoms with Crippen LogP contribution in [0.1, 0.15) is 17.0 Å². The monoisotopic (exact) mass is 377 g/mol. The van der Waals surface area contributed by atoms with Gasteiger partial charge in [0.2, 0.25) is 5.91 Å². The summed E-state index contributed by atoms with van der Waals surface area (Å²) in [6.07, 6.45) is 0. The molecule has 144 valence electrons. The molecule has 7 heteroatoms. The maximum absolute atomic E-state index is 12.3. The molecule has 3 aromatic rings. The van der Waals surface area contributed by atoms with E-state index in [1.165, 1.54) is 0 Å². The first-order chi connectivity index (χ1) is 13.5. The Balaban J connectivity index is 1.55. The van der Waals surface area contributed by atoms with Crippen molar-refractivity contribution < 1.29 is 9.59 Å². The summed E-state index contributed by atoms with van der Waals surface area (Å²) in [5.41, 5.74) is 4.26. The fourth-order valence-electron chi connectivity index (χ4n) is 2.83. The number of hydrogen-bond acceptors (Lipinski definition) is 3. The van der Waals surface area contributed by atoms with E-state index in [1.807, 2.05) is 68.4 Å². The zero-order chi connectivity index (χ0) is 19.9. The smallest absolute Gasteiger partial charge is 0.315 e. The van der Waals surface area contributed by atoms with E-state index >= 15 is 0 Å². The SMILES string of the molecule is Cc1cc(C)n(-c2ccccc2NC(=O)CNC(=O)NCc2ccccc2)n1. The van der Waals surface area contributed by atoms with E-state index in [1.54, 1.807) is 10.7 Å². The van der Waals surface area contributed by atoms with Crippen LogP contribution in [0.15, 0.2) is 60.7 Å². The standard InChI is InChI=1S/C21H23N5O2/c1-15-12-16(2)26(25-15)19-11-7-6-10-18(19)24-20(27)14-23-21(28)22-13-17-8-4-3-5-9-17/h3-12H,13-14H2,1-2H3,(H,24,27)(H2,22,23,28). The molecule has 1 heterocycles. The van der Waals surface area contributed by atoms with Gasteiger partial charge in [-0.25, -0.2) is 9.48 Å². The van der Waals surface area contributed by atoms with Crippen molar-refractivity contribution in [1.82, 2.24) is 20.4 Å². The maximum Gasteiger partial charge on any atom is 0.315 e.